The third kappa shape index (κ3) is 5.42. The van der Waals surface area contributed by atoms with Crippen molar-refractivity contribution in [1.82, 2.24) is 4.90 Å². The van der Waals surface area contributed by atoms with Gasteiger partial charge in [0.1, 0.15) is 6.10 Å². The summed E-state index contributed by atoms with van der Waals surface area (Å²) in [6.45, 7) is 2.54. The van der Waals surface area contributed by atoms with Crippen LogP contribution in [0.25, 0.3) is 0 Å². The van der Waals surface area contributed by atoms with Crippen LogP contribution in [-0.2, 0) is 20.4 Å². The fraction of sp³-hybridized carbons (Fsp3) is 0.619. The highest BCUT2D eigenvalue weighted by Crippen LogP contribution is 2.35. The molecule has 2 fully saturated rings. The van der Waals surface area contributed by atoms with E-state index in [-0.39, 0.29) is 30.9 Å². The minimum absolute atomic E-state index is 0.0235. The molecule has 2 unspecified atom stereocenters. The lowest BCUT2D eigenvalue weighted by molar-refractivity contribution is -0.139. The molecule has 1 aromatic carbocycles. The van der Waals surface area contributed by atoms with Crippen LogP contribution in [0.5, 0.6) is 0 Å². The summed E-state index contributed by atoms with van der Waals surface area (Å²) < 4.78 is 48.8. The molecule has 1 saturated heterocycles. The van der Waals surface area contributed by atoms with Gasteiger partial charge in [0, 0.05) is 18.4 Å². The van der Waals surface area contributed by atoms with Crippen molar-refractivity contribution < 1.29 is 32.2 Å². The van der Waals surface area contributed by atoms with Gasteiger partial charge in [-0.1, -0.05) is 25.0 Å². The SMILES string of the molecule is CCOC(=O)OC1CC(c2ccc(C(F)(F)F)cc2)CN(C(=O)C2CCCC2)C1. The van der Waals surface area contributed by atoms with Crippen molar-refractivity contribution in [2.75, 3.05) is 19.7 Å². The molecule has 0 aromatic heterocycles. The fourth-order valence-electron chi connectivity index (χ4n) is 4.22. The van der Waals surface area contributed by atoms with E-state index >= 15 is 0 Å². The number of nitrogens with zero attached hydrogens (tertiary/aromatic N) is 1. The molecule has 1 aromatic rings. The van der Waals surface area contributed by atoms with Crippen LogP contribution in [-0.4, -0.2) is 42.8 Å². The first-order chi connectivity index (χ1) is 13.8. The van der Waals surface area contributed by atoms with E-state index in [1.165, 1.54) is 12.1 Å². The minimum Gasteiger partial charge on any atom is -0.435 e. The number of halogens is 3. The maximum Gasteiger partial charge on any atom is 0.508 e. The Bertz CT molecular complexity index is 714. The number of carbonyl (C=O) groups is 2. The maximum absolute atomic E-state index is 12.9. The van der Waals surface area contributed by atoms with E-state index in [0.29, 0.717) is 18.5 Å². The zero-order chi connectivity index (χ0) is 21.0. The summed E-state index contributed by atoms with van der Waals surface area (Å²) in [6.07, 6.45) is -1.57. The standard InChI is InChI=1S/C21H26F3NO4/c1-2-28-20(27)29-18-11-16(14-7-9-17(10-8-14)21(22,23)24)12-25(13-18)19(26)15-5-3-4-6-15/h7-10,15-16,18H,2-6,11-13H2,1H3. The Hall–Kier alpha value is -2.25. The molecular formula is C21H26F3NO4. The molecule has 0 spiro atoms. The molecule has 1 aliphatic carbocycles. The van der Waals surface area contributed by atoms with E-state index in [0.717, 1.165) is 37.8 Å². The number of benzene rings is 1. The summed E-state index contributed by atoms with van der Waals surface area (Å²) in [6, 6.07) is 4.99. The topological polar surface area (TPSA) is 55.8 Å². The first-order valence-electron chi connectivity index (χ1n) is 10.1. The molecule has 8 heteroatoms. The number of likely N-dealkylation sites (tertiary alicyclic amines) is 1. The fourth-order valence-corrected chi connectivity index (χ4v) is 4.22. The van der Waals surface area contributed by atoms with E-state index < -0.39 is 24.0 Å². The predicted molar refractivity (Wildman–Crippen MR) is 99.2 cm³/mol. The van der Waals surface area contributed by atoms with Crippen LogP contribution < -0.4 is 0 Å². The predicted octanol–water partition coefficient (Wildman–Crippen LogP) is 4.75. The molecule has 2 atom stereocenters. The lowest BCUT2D eigenvalue weighted by atomic mass is 9.88. The van der Waals surface area contributed by atoms with E-state index in [4.69, 9.17) is 9.47 Å². The molecule has 5 nitrogen and oxygen atoms in total. The lowest BCUT2D eigenvalue weighted by Crippen LogP contribution is -2.48. The first kappa shape index (κ1) is 21.5. The smallest absolute Gasteiger partial charge is 0.435 e. The Morgan fingerprint density at radius 1 is 1.10 bits per heavy atom. The third-order valence-corrected chi connectivity index (χ3v) is 5.66. The highest BCUT2D eigenvalue weighted by atomic mass is 19.4. The van der Waals surface area contributed by atoms with E-state index in [1.54, 1.807) is 11.8 Å². The quantitative estimate of drug-likeness (QED) is 0.669. The van der Waals surface area contributed by atoms with Crippen molar-refractivity contribution in [2.45, 2.75) is 57.2 Å². The number of carbonyl (C=O) groups excluding carboxylic acids is 2. The van der Waals surface area contributed by atoms with Crippen LogP contribution in [0.2, 0.25) is 0 Å². The van der Waals surface area contributed by atoms with Gasteiger partial charge < -0.3 is 14.4 Å². The number of amides is 1. The molecule has 29 heavy (non-hydrogen) atoms. The zero-order valence-electron chi connectivity index (χ0n) is 16.4. The van der Waals surface area contributed by atoms with E-state index in [2.05, 4.69) is 0 Å². The van der Waals surface area contributed by atoms with Gasteiger partial charge in [0.2, 0.25) is 5.91 Å². The Morgan fingerprint density at radius 2 is 1.76 bits per heavy atom. The number of hydrogen-bond acceptors (Lipinski definition) is 4. The summed E-state index contributed by atoms with van der Waals surface area (Å²) in [5.74, 6) is -0.197. The van der Waals surface area contributed by atoms with Crippen LogP contribution in [0.3, 0.4) is 0 Å². The Balaban J connectivity index is 1.77. The molecule has 1 amide bonds. The van der Waals surface area contributed by atoms with Crippen LogP contribution in [0, 0.1) is 5.92 Å². The molecule has 1 saturated carbocycles. The Morgan fingerprint density at radius 3 is 2.34 bits per heavy atom. The van der Waals surface area contributed by atoms with Gasteiger partial charge in [-0.3, -0.25) is 4.79 Å². The number of piperidine rings is 1. The second kappa shape index (κ2) is 9.05. The van der Waals surface area contributed by atoms with Crippen molar-refractivity contribution >= 4 is 12.1 Å². The van der Waals surface area contributed by atoms with Gasteiger partial charge in [-0.05, 0) is 43.9 Å². The second-order valence-electron chi connectivity index (χ2n) is 7.70. The third-order valence-electron chi connectivity index (χ3n) is 5.66. The highest BCUT2D eigenvalue weighted by molar-refractivity contribution is 5.79. The second-order valence-corrected chi connectivity index (χ2v) is 7.70. The minimum atomic E-state index is -4.40. The summed E-state index contributed by atoms with van der Waals surface area (Å²) in [7, 11) is 0. The molecule has 1 aliphatic heterocycles. The Kier molecular flexibility index (Phi) is 6.70. The van der Waals surface area contributed by atoms with Crippen molar-refractivity contribution in [2.24, 2.45) is 5.92 Å². The molecule has 160 valence electrons. The zero-order valence-corrected chi connectivity index (χ0v) is 16.4. The van der Waals surface area contributed by atoms with Gasteiger partial charge in [0.25, 0.3) is 0 Å². The molecule has 2 aliphatic rings. The normalized spacial score (nSPS) is 23.1. The largest absolute Gasteiger partial charge is 0.508 e. The number of ether oxygens (including phenoxy) is 2. The van der Waals surface area contributed by atoms with Gasteiger partial charge in [0.15, 0.2) is 0 Å². The Labute approximate surface area is 168 Å². The number of alkyl halides is 3. The van der Waals surface area contributed by atoms with Crippen LogP contribution in [0.4, 0.5) is 18.0 Å². The maximum atomic E-state index is 12.9. The molecule has 0 bridgehead atoms. The van der Waals surface area contributed by atoms with Gasteiger partial charge in [-0.15, -0.1) is 0 Å². The first-order valence-corrected chi connectivity index (χ1v) is 10.1. The van der Waals surface area contributed by atoms with Gasteiger partial charge in [-0.2, -0.15) is 13.2 Å². The summed E-state index contributed by atoms with van der Waals surface area (Å²) in [5.41, 5.74) is -0.0188. The molecule has 1 heterocycles. The van der Waals surface area contributed by atoms with Crippen LogP contribution in [0.1, 0.15) is 56.1 Å². The molecule has 3 rings (SSSR count). The van der Waals surface area contributed by atoms with Gasteiger partial charge in [-0.25, -0.2) is 4.79 Å². The van der Waals surface area contributed by atoms with E-state index in [1.807, 2.05) is 0 Å². The average Bonchev–Trinajstić information content (AvgIpc) is 3.21. The van der Waals surface area contributed by atoms with Gasteiger partial charge in [0.05, 0.1) is 18.7 Å². The van der Waals surface area contributed by atoms with Crippen molar-refractivity contribution in [3.05, 3.63) is 35.4 Å². The van der Waals surface area contributed by atoms with Crippen LogP contribution >= 0.6 is 0 Å². The number of hydrogen-bond donors (Lipinski definition) is 0. The van der Waals surface area contributed by atoms with Crippen LogP contribution in [0.15, 0.2) is 24.3 Å². The molecular weight excluding hydrogens is 387 g/mol. The van der Waals surface area contributed by atoms with Crippen molar-refractivity contribution in [1.29, 1.82) is 0 Å². The summed E-state index contributed by atoms with van der Waals surface area (Å²) in [5, 5.41) is 0. The molecule has 0 N–H and O–H groups in total. The van der Waals surface area contributed by atoms with Crippen molar-refractivity contribution in [3.8, 4) is 0 Å². The summed E-state index contributed by atoms with van der Waals surface area (Å²) in [4.78, 5) is 26.4. The average molecular weight is 413 g/mol. The summed E-state index contributed by atoms with van der Waals surface area (Å²) >= 11 is 0. The van der Waals surface area contributed by atoms with Gasteiger partial charge >= 0.3 is 12.3 Å². The highest BCUT2D eigenvalue weighted by Gasteiger charge is 2.37. The monoisotopic (exact) mass is 413 g/mol. The number of rotatable bonds is 4. The van der Waals surface area contributed by atoms with Crippen molar-refractivity contribution in [3.63, 3.8) is 0 Å². The molecule has 0 radical (unpaired) electrons. The van der Waals surface area contributed by atoms with E-state index in [9.17, 15) is 22.8 Å². The lowest BCUT2D eigenvalue weighted by Gasteiger charge is -2.38.